The van der Waals surface area contributed by atoms with Gasteiger partial charge in [-0.1, -0.05) is 13.8 Å². The second-order valence-corrected chi connectivity index (χ2v) is 8.93. The van der Waals surface area contributed by atoms with E-state index in [1.807, 2.05) is 18.7 Å². The van der Waals surface area contributed by atoms with Gasteiger partial charge in [0.1, 0.15) is 12.6 Å². The van der Waals surface area contributed by atoms with E-state index in [4.69, 9.17) is 0 Å². The number of hydrogen-bond donors (Lipinski definition) is 2. The van der Waals surface area contributed by atoms with E-state index in [1.54, 1.807) is 11.3 Å². The predicted molar refractivity (Wildman–Crippen MR) is 95.4 cm³/mol. The molecule has 1 aliphatic heterocycles. The number of nitrogens with zero attached hydrogens (tertiary/aromatic N) is 1. The van der Waals surface area contributed by atoms with Crippen LogP contribution in [0.4, 0.5) is 0 Å². The van der Waals surface area contributed by atoms with Gasteiger partial charge >= 0.3 is 0 Å². The van der Waals surface area contributed by atoms with Crippen molar-refractivity contribution in [2.45, 2.75) is 33.4 Å². The summed E-state index contributed by atoms with van der Waals surface area (Å²) in [6, 6.07) is 3.83. The van der Waals surface area contributed by atoms with Crippen molar-refractivity contribution >= 4 is 39.1 Å². The fourth-order valence-corrected chi connectivity index (χ4v) is 4.40. The summed E-state index contributed by atoms with van der Waals surface area (Å²) in [5.41, 5.74) is 0. The first-order chi connectivity index (χ1) is 10.9. The minimum Gasteiger partial charge on any atom is -0.344 e. The molecule has 0 spiro atoms. The molecule has 2 amide bonds. The number of carbonyl (C=O) groups excluding carboxylic acids is 2. The minimum absolute atomic E-state index is 0.0492. The lowest BCUT2D eigenvalue weighted by atomic mass is 10.0. The standard InChI is InChI=1S/C16H24BrN3O2S/c1-11(2)15(18-12(3)21)16(22)20-8-6-19(7-9-20)10-13-4-5-14(17)23-13/h4-5,11,15H,6-10H2,1-3H3,(H,18,21)/p+1/t15-/m1/s1. The van der Waals surface area contributed by atoms with E-state index in [1.165, 1.54) is 16.7 Å². The van der Waals surface area contributed by atoms with Crippen LogP contribution in [0.15, 0.2) is 15.9 Å². The maximum atomic E-state index is 12.6. The molecule has 0 saturated carbocycles. The summed E-state index contributed by atoms with van der Waals surface area (Å²) in [5, 5.41) is 2.79. The largest absolute Gasteiger partial charge is 0.344 e. The van der Waals surface area contributed by atoms with Crippen molar-refractivity contribution in [2.24, 2.45) is 5.92 Å². The molecule has 23 heavy (non-hydrogen) atoms. The number of halogens is 1. The number of thiophene rings is 1. The maximum Gasteiger partial charge on any atom is 0.245 e. The van der Waals surface area contributed by atoms with Crippen molar-refractivity contribution in [3.8, 4) is 0 Å². The molecule has 2 N–H and O–H groups in total. The zero-order valence-corrected chi connectivity index (χ0v) is 16.3. The van der Waals surface area contributed by atoms with E-state index in [9.17, 15) is 9.59 Å². The summed E-state index contributed by atoms with van der Waals surface area (Å²) < 4.78 is 1.16. The van der Waals surface area contributed by atoms with E-state index < -0.39 is 6.04 Å². The number of amides is 2. The summed E-state index contributed by atoms with van der Waals surface area (Å²) in [6.45, 7) is 9.82. The fourth-order valence-electron chi connectivity index (χ4n) is 2.84. The van der Waals surface area contributed by atoms with Crippen LogP contribution in [0.2, 0.25) is 0 Å². The Kier molecular flexibility index (Phi) is 6.61. The second-order valence-electron chi connectivity index (χ2n) is 6.38. The number of quaternary nitrogens is 1. The molecule has 1 aliphatic rings. The quantitative estimate of drug-likeness (QED) is 0.768. The molecular weight excluding hydrogens is 378 g/mol. The summed E-state index contributed by atoms with van der Waals surface area (Å²) in [5.74, 6) is -0.00190. The van der Waals surface area contributed by atoms with Crippen molar-refractivity contribution < 1.29 is 14.5 Å². The average molecular weight is 403 g/mol. The number of hydrogen-bond acceptors (Lipinski definition) is 3. The maximum absolute atomic E-state index is 12.6. The molecule has 1 aromatic rings. The van der Waals surface area contributed by atoms with Gasteiger partial charge in [0.2, 0.25) is 11.8 Å². The van der Waals surface area contributed by atoms with Crippen molar-refractivity contribution in [1.29, 1.82) is 0 Å². The third-order valence-electron chi connectivity index (χ3n) is 4.13. The highest BCUT2D eigenvalue weighted by Gasteiger charge is 2.31. The van der Waals surface area contributed by atoms with Crippen LogP contribution >= 0.6 is 27.3 Å². The van der Waals surface area contributed by atoms with Gasteiger partial charge in [0, 0.05) is 6.92 Å². The summed E-state index contributed by atoms with van der Waals surface area (Å²) in [4.78, 5) is 28.7. The lowest BCUT2D eigenvalue weighted by molar-refractivity contribution is -0.917. The smallest absolute Gasteiger partial charge is 0.245 e. The SMILES string of the molecule is CC(=O)N[C@@H](C(=O)N1CC[NH+](Cc2ccc(Br)s2)CC1)C(C)C. The van der Waals surface area contributed by atoms with E-state index in [0.717, 1.165) is 36.5 Å². The van der Waals surface area contributed by atoms with Crippen molar-refractivity contribution in [3.63, 3.8) is 0 Å². The Balaban J connectivity index is 1.87. The van der Waals surface area contributed by atoms with Gasteiger partial charge in [-0.05, 0) is 34.0 Å². The zero-order valence-electron chi connectivity index (χ0n) is 13.9. The molecule has 0 aliphatic carbocycles. The van der Waals surface area contributed by atoms with Gasteiger partial charge in [-0.25, -0.2) is 0 Å². The molecule has 0 bridgehead atoms. The van der Waals surface area contributed by atoms with Gasteiger partial charge in [0.15, 0.2) is 0 Å². The van der Waals surface area contributed by atoms with Gasteiger partial charge in [-0.3, -0.25) is 9.59 Å². The monoisotopic (exact) mass is 402 g/mol. The van der Waals surface area contributed by atoms with Crippen molar-refractivity contribution in [3.05, 3.63) is 20.8 Å². The third-order valence-corrected chi connectivity index (χ3v) is 5.75. The van der Waals surface area contributed by atoms with Crippen molar-refractivity contribution in [2.75, 3.05) is 26.2 Å². The highest BCUT2D eigenvalue weighted by atomic mass is 79.9. The topological polar surface area (TPSA) is 53.9 Å². The molecule has 1 aromatic heterocycles. The predicted octanol–water partition coefficient (Wildman–Crippen LogP) is 0.898. The summed E-state index contributed by atoms with van der Waals surface area (Å²) in [6.07, 6.45) is 0. The molecule has 0 radical (unpaired) electrons. The lowest BCUT2D eigenvalue weighted by Gasteiger charge is -2.35. The molecule has 5 nitrogen and oxygen atoms in total. The van der Waals surface area contributed by atoms with Crippen LogP contribution in [-0.4, -0.2) is 48.9 Å². The zero-order chi connectivity index (χ0) is 17.0. The van der Waals surface area contributed by atoms with Gasteiger partial charge in [-0.2, -0.15) is 0 Å². The van der Waals surface area contributed by atoms with Crippen LogP contribution in [0.1, 0.15) is 25.6 Å². The van der Waals surface area contributed by atoms with Gasteiger partial charge in [-0.15, -0.1) is 11.3 Å². The number of carbonyl (C=O) groups is 2. The molecule has 1 atom stereocenters. The van der Waals surface area contributed by atoms with Crippen LogP contribution in [0.25, 0.3) is 0 Å². The van der Waals surface area contributed by atoms with Crippen LogP contribution in [-0.2, 0) is 16.1 Å². The first-order valence-electron chi connectivity index (χ1n) is 8.00. The Bertz CT molecular complexity index is 553. The van der Waals surface area contributed by atoms with Gasteiger partial charge in [0.25, 0.3) is 0 Å². The molecule has 1 fully saturated rings. The molecule has 2 rings (SSSR count). The molecular formula is C16H25BrN3O2S+. The molecule has 0 aromatic carbocycles. The first kappa shape index (κ1) is 18.4. The Morgan fingerprint density at radius 1 is 1.35 bits per heavy atom. The second kappa shape index (κ2) is 8.26. The fraction of sp³-hybridized carbons (Fsp3) is 0.625. The summed E-state index contributed by atoms with van der Waals surface area (Å²) >= 11 is 5.27. The third kappa shape index (κ3) is 5.29. The van der Waals surface area contributed by atoms with Crippen LogP contribution in [0.5, 0.6) is 0 Å². The van der Waals surface area contributed by atoms with E-state index >= 15 is 0 Å². The molecule has 128 valence electrons. The van der Waals surface area contributed by atoms with E-state index in [2.05, 4.69) is 33.4 Å². The number of rotatable bonds is 5. The number of piperazine rings is 1. The highest BCUT2D eigenvalue weighted by Crippen LogP contribution is 2.21. The Labute approximate surface area is 150 Å². The molecule has 1 saturated heterocycles. The average Bonchev–Trinajstić information content (AvgIpc) is 2.89. The normalized spacial score (nSPS) is 17.3. The van der Waals surface area contributed by atoms with Crippen molar-refractivity contribution in [1.82, 2.24) is 10.2 Å². The van der Waals surface area contributed by atoms with E-state index in [0.29, 0.717) is 0 Å². The summed E-state index contributed by atoms with van der Waals surface area (Å²) in [7, 11) is 0. The van der Waals surface area contributed by atoms with E-state index in [-0.39, 0.29) is 17.7 Å². The Hall–Kier alpha value is -0.920. The Morgan fingerprint density at radius 2 is 2.00 bits per heavy atom. The van der Waals surface area contributed by atoms with Crippen LogP contribution < -0.4 is 10.2 Å². The first-order valence-corrected chi connectivity index (χ1v) is 9.61. The number of nitrogens with one attached hydrogen (secondary N) is 2. The van der Waals surface area contributed by atoms with Crippen LogP contribution in [0, 0.1) is 5.92 Å². The minimum atomic E-state index is -0.415. The highest BCUT2D eigenvalue weighted by molar-refractivity contribution is 9.11. The van der Waals surface area contributed by atoms with Gasteiger partial charge < -0.3 is 15.1 Å². The lowest BCUT2D eigenvalue weighted by Crippen LogP contribution is -3.13. The Morgan fingerprint density at radius 3 is 2.48 bits per heavy atom. The molecule has 0 unspecified atom stereocenters. The molecule has 7 heteroatoms. The molecule has 2 heterocycles. The van der Waals surface area contributed by atoms with Crippen LogP contribution in [0.3, 0.4) is 0 Å². The van der Waals surface area contributed by atoms with Gasteiger partial charge in [0.05, 0.1) is 34.8 Å².